The van der Waals surface area contributed by atoms with Gasteiger partial charge in [-0.05, 0) is 47.5 Å². The number of benzene rings is 2. The molecule has 0 unspecified atom stereocenters. The fraction of sp³-hybridized carbons (Fsp3) is 0. The third kappa shape index (κ3) is 6.20. The highest BCUT2D eigenvalue weighted by Crippen LogP contribution is 2.12. The summed E-state index contributed by atoms with van der Waals surface area (Å²) in [5.41, 5.74) is 1.37. The predicted molar refractivity (Wildman–Crippen MR) is 98.0 cm³/mol. The van der Waals surface area contributed by atoms with E-state index in [-0.39, 0.29) is 0 Å². The summed E-state index contributed by atoms with van der Waals surface area (Å²) in [6.45, 7) is 0. The van der Waals surface area contributed by atoms with Gasteiger partial charge in [0.2, 0.25) is 0 Å². The van der Waals surface area contributed by atoms with Gasteiger partial charge in [-0.15, -0.1) is 0 Å². The van der Waals surface area contributed by atoms with Crippen LogP contribution in [0.3, 0.4) is 0 Å². The first kappa shape index (κ1) is 18.3. The van der Waals surface area contributed by atoms with Gasteiger partial charge in [0.05, 0.1) is 5.41 Å². The molecule has 1 N–H and O–H groups in total. The van der Waals surface area contributed by atoms with Gasteiger partial charge in [-0.3, -0.25) is 4.79 Å². The van der Waals surface area contributed by atoms with E-state index in [0.29, 0.717) is 15.6 Å². The third-order valence-corrected chi connectivity index (χ3v) is 4.33. The van der Waals surface area contributed by atoms with Crippen molar-refractivity contribution in [2.75, 3.05) is 0 Å². The summed E-state index contributed by atoms with van der Waals surface area (Å²) in [7, 11) is -3.89. The van der Waals surface area contributed by atoms with Crippen molar-refractivity contribution in [3.8, 4) is 0 Å². The topological polar surface area (TPSA) is 63.2 Å². The van der Waals surface area contributed by atoms with Crippen LogP contribution in [0.1, 0.15) is 11.1 Å². The Morgan fingerprint density at radius 3 is 1.79 bits per heavy atom. The molecule has 7 heteroatoms. The van der Waals surface area contributed by atoms with E-state index in [1.54, 1.807) is 48.5 Å². The molecule has 4 nitrogen and oxygen atoms in total. The van der Waals surface area contributed by atoms with E-state index in [2.05, 4.69) is 0 Å². The number of carbonyl (C=O) groups is 1. The van der Waals surface area contributed by atoms with E-state index < -0.39 is 15.9 Å². The zero-order valence-corrected chi connectivity index (χ0v) is 14.6. The molecule has 124 valence electrons. The van der Waals surface area contributed by atoms with E-state index in [1.165, 1.54) is 12.2 Å². The number of halogens is 2. The molecule has 2 aromatic rings. The van der Waals surface area contributed by atoms with Crippen molar-refractivity contribution in [2.24, 2.45) is 0 Å². The number of hydrogen-bond acceptors (Lipinski definition) is 3. The molecule has 0 radical (unpaired) electrons. The zero-order valence-electron chi connectivity index (χ0n) is 12.3. The van der Waals surface area contributed by atoms with E-state index >= 15 is 0 Å². The fourth-order valence-electron chi connectivity index (χ4n) is 1.70. The number of amides is 1. The van der Waals surface area contributed by atoms with Gasteiger partial charge in [0.15, 0.2) is 0 Å². The molecule has 1 amide bonds. The Kier molecular flexibility index (Phi) is 6.20. The van der Waals surface area contributed by atoms with Crippen LogP contribution < -0.4 is 4.72 Å². The van der Waals surface area contributed by atoms with E-state index in [9.17, 15) is 13.2 Å². The maximum atomic E-state index is 11.8. The standard InChI is InChI=1S/C17H13Cl2NO3S/c18-15-6-1-13(2-7-15)5-10-17(21)20-24(22,23)12-11-14-3-8-16(19)9-4-14/h1-12H,(H,20,21)/b10-5+,12-11-. The maximum Gasteiger partial charge on any atom is 0.257 e. The number of rotatable bonds is 5. The second kappa shape index (κ2) is 8.15. The summed E-state index contributed by atoms with van der Waals surface area (Å²) in [5.74, 6) is -0.745. The number of carbonyl (C=O) groups excluding carboxylic acids is 1. The maximum absolute atomic E-state index is 11.8. The lowest BCUT2D eigenvalue weighted by molar-refractivity contribution is -0.114. The predicted octanol–water partition coefficient (Wildman–Crippen LogP) is 4.12. The van der Waals surface area contributed by atoms with Crippen molar-refractivity contribution in [3.05, 3.63) is 81.2 Å². The molecule has 0 aliphatic rings. The Morgan fingerprint density at radius 1 is 0.833 bits per heavy atom. The highest BCUT2D eigenvalue weighted by Gasteiger charge is 2.08. The molecule has 0 heterocycles. The lowest BCUT2D eigenvalue weighted by atomic mass is 10.2. The summed E-state index contributed by atoms with van der Waals surface area (Å²) in [6, 6.07) is 13.4. The van der Waals surface area contributed by atoms with Crippen molar-refractivity contribution in [3.63, 3.8) is 0 Å². The molecule has 0 saturated heterocycles. The normalized spacial score (nSPS) is 11.9. The smallest absolute Gasteiger partial charge is 0.257 e. The Bertz CT molecular complexity index is 871. The van der Waals surface area contributed by atoms with Crippen LogP contribution in [0.2, 0.25) is 10.0 Å². The molecule has 0 saturated carbocycles. The highest BCUT2D eigenvalue weighted by molar-refractivity contribution is 7.93. The van der Waals surface area contributed by atoms with Crippen LogP contribution in [0.15, 0.2) is 60.0 Å². The lowest BCUT2D eigenvalue weighted by Gasteiger charge is -2.00. The van der Waals surface area contributed by atoms with Crippen molar-refractivity contribution in [2.45, 2.75) is 0 Å². The summed E-state index contributed by atoms with van der Waals surface area (Å²) in [6.07, 6.45) is 4.00. The summed E-state index contributed by atoms with van der Waals surface area (Å²) < 4.78 is 25.6. The van der Waals surface area contributed by atoms with Gasteiger partial charge in [0.25, 0.3) is 15.9 Å². The Hall–Kier alpha value is -2.08. The summed E-state index contributed by atoms with van der Waals surface area (Å²) in [4.78, 5) is 11.7. The minimum absolute atomic E-state index is 0.552. The summed E-state index contributed by atoms with van der Waals surface area (Å²) in [5, 5.41) is 2.05. The van der Waals surface area contributed by atoms with Crippen LogP contribution in [0, 0.1) is 0 Å². The minimum Gasteiger partial charge on any atom is -0.269 e. The van der Waals surface area contributed by atoms with Crippen molar-refractivity contribution < 1.29 is 13.2 Å². The van der Waals surface area contributed by atoms with E-state index in [1.807, 2.05) is 4.72 Å². The molecule has 0 aromatic heterocycles. The van der Waals surface area contributed by atoms with Crippen LogP contribution >= 0.6 is 23.2 Å². The number of nitrogens with one attached hydrogen (secondary N) is 1. The number of hydrogen-bond donors (Lipinski definition) is 1. The molecule has 0 fully saturated rings. The average molecular weight is 382 g/mol. The minimum atomic E-state index is -3.89. The van der Waals surface area contributed by atoms with E-state index in [0.717, 1.165) is 17.0 Å². The molecule has 2 aromatic carbocycles. The third-order valence-electron chi connectivity index (χ3n) is 2.85. The van der Waals surface area contributed by atoms with Crippen LogP contribution in [0.5, 0.6) is 0 Å². The molecular formula is C17H13Cl2NO3S. The average Bonchev–Trinajstić information content (AvgIpc) is 2.53. The molecule has 2 rings (SSSR count). The van der Waals surface area contributed by atoms with Gasteiger partial charge < -0.3 is 0 Å². The Labute approximate surface area is 150 Å². The second-order valence-corrected chi connectivity index (χ2v) is 7.19. The zero-order chi connectivity index (χ0) is 17.6. The quantitative estimate of drug-likeness (QED) is 0.792. The lowest BCUT2D eigenvalue weighted by Crippen LogP contribution is -2.26. The molecule has 0 aliphatic heterocycles. The van der Waals surface area contributed by atoms with Crippen molar-refractivity contribution in [1.29, 1.82) is 0 Å². The SMILES string of the molecule is O=C(/C=C/c1ccc(Cl)cc1)NS(=O)(=O)/C=C\c1ccc(Cl)cc1. The van der Waals surface area contributed by atoms with Gasteiger partial charge in [0, 0.05) is 16.1 Å². The van der Waals surface area contributed by atoms with E-state index in [4.69, 9.17) is 23.2 Å². The van der Waals surface area contributed by atoms with Gasteiger partial charge in [-0.2, -0.15) is 0 Å². The van der Waals surface area contributed by atoms with Crippen LogP contribution in [0.4, 0.5) is 0 Å². The fourth-order valence-corrected chi connectivity index (χ4v) is 2.70. The number of sulfonamides is 1. The largest absolute Gasteiger partial charge is 0.269 e. The van der Waals surface area contributed by atoms with Crippen LogP contribution in [0.25, 0.3) is 12.2 Å². The van der Waals surface area contributed by atoms with Crippen LogP contribution in [-0.2, 0) is 14.8 Å². The van der Waals surface area contributed by atoms with Crippen molar-refractivity contribution >= 4 is 51.3 Å². The highest BCUT2D eigenvalue weighted by atomic mass is 35.5. The van der Waals surface area contributed by atoms with Crippen molar-refractivity contribution in [1.82, 2.24) is 4.72 Å². The monoisotopic (exact) mass is 381 g/mol. The van der Waals surface area contributed by atoms with Gasteiger partial charge >= 0.3 is 0 Å². The first-order valence-corrected chi connectivity index (χ1v) is 9.08. The molecule has 0 aliphatic carbocycles. The molecule has 0 atom stereocenters. The molecule has 0 bridgehead atoms. The Balaban J connectivity index is 1.98. The second-order valence-electron chi connectivity index (χ2n) is 4.75. The van der Waals surface area contributed by atoms with Gasteiger partial charge in [-0.25, -0.2) is 13.1 Å². The molecule has 0 spiro atoms. The molecule has 24 heavy (non-hydrogen) atoms. The Morgan fingerprint density at radius 2 is 1.29 bits per heavy atom. The van der Waals surface area contributed by atoms with Crippen LogP contribution in [-0.4, -0.2) is 14.3 Å². The first-order chi connectivity index (χ1) is 11.3. The van der Waals surface area contributed by atoms with Gasteiger partial charge in [-0.1, -0.05) is 47.5 Å². The summed E-state index contributed by atoms with van der Waals surface area (Å²) >= 11 is 11.5. The molecular weight excluding hydrogens is 369 g/mol. The first-order valence-electron chi connectivity index (χ1n) is 6.78. The van der Waals surface area contributed by atoms with Gasteiger partial charge in [0.1, 0.15) is 0 Å².